The molecule has 1 fully saturated rings. The zero-order chi connectivity index (χ0) is 26.8. The Morgan fingerprint density at radius 3 is 2.38 bits per heavy atom. The van der Waals surface area contributed by atoms with Crippen LogP contribution >= 0.6 is 0 Å². The van der Waals surface area contributed by atoms with Crippen molar-refractivity contribution in [3.8, 4) is 34.2 Å². The second-order valence-electron chi connectivity index (χ2n) is 9.75. The molecule has 0 aliphatic carbocycles. The molecule has 1 aliphatic rings. The van der Waals surface area contributed by atoms with Crippen molar-refractivity contribution < 1.29 is 9.18 Å². The Hall–Kier alpha value is -4.83. The Labute approximate surface area is 226 Å². The lowest BCUT2D eigenvalue weighted by molar-refractivity contribution is 0.0708. The molecule has 1 aliphatic heterocycles. The molecule has 0 saturated carbocycles. The fourth-order valence-corrected chi connectivity index (χ4v) is 4.90. The van der Waals surface area contributed by atoms with E-state index >= 15 is 0 Å². The first-order chi connectivity index (χ1) is 19.0. The summed E-state index contributed by atoms with van der Waals surface area (Å²) in [7, 11) is 1.88. The molecule has 4 heterocycles. The highest BCUT2D eigenvalue weighted by Gasteiger charge is 2.23. The van der Waals surface area contributed by atoms with E-state index < -0.39 is 0 Å². The predicted molar refractivity (Wildman–Crippen MR) is 149 cm³/mol. The van der Waals surface area contributed by atoms with Crippen LogP contribution < -0.4 is 0 Å². The number of carbonyl (C=O) groups excluding carboxylic acids is 1. The topological polar surface area (TPSA) is 63.9 Å². The van der Waals surface area contributed by atoms with Gasteiger partial charge in [0.1, 0.15) is 11.5 Å². The van der Waals surface area contributed by atoms with Gasteiger partial charge < -0.3 is 4.90 Å². The second-order valence-corrected chi connectivity index (χ2v) is 9.75. The van der Waals surface area contributed by atoms with Crippen molar-refractivity contribution in [2.75, 3.05) is 13.1 Å². The number of rotatable bonds is 3. The first kappa shape index (κ1) is 24.5. The molecule has 39 heavy (non-hydrogen) atoms. The molecule has 7 heteroatoms. The van der Waals surface area contributed by atoms with E-state index in [9.17, 15) is 9.18 Å². The lowest BCUT2D eigenvalue weighted by atomic mass is 9.96. The van der Waals surface area contributed by atoms with Gasteiger partial charge in [-0.1, -0.05) is 30.2 Å². The van der Waals surface area contributed by atoms with Crippen LogP contribution in [-0.4, -0.2) is 43.6 Å². The van der Waals surface area contributed by atoms with Crippen molar-refractivity contribution in [2.24, 2.45) is 13.0 Å². The minimum absolute atomic E-state index is 0.0231. The summed E-state index contributed by atoms with van der Waals surface area (Å²) < 4.78 is 15.0. The maximum atomic E-state index is 13.2. The number of amides is 1. The van der Waals surface area contributed by atoms with Crippen molar-refractivity contribution in [1.29, 1.82) is 0 Å². The number of aromatic nitrogens is 4. The molecule has 0 N–H and O–H groups in total. The summed E-state index contributed by atoms with van der Waals surface area (Å²) in [5, 5.41) is 5.19. The minimum Gasteiger partial charge on any atom is -0.339 e. The summed E-state index contributed by atoms with van der Waals surface area (Å²) in [6.45, 7) is 1.31. The van der Waals surface area contributed by atoms with Crippen LogP contribution in [0.3, 0.4) is 0 Å². The van der Waals surface area contributed by atoms with Crippen LogP contribution in [-0.2, 0) is 7.05 Å². The van der Waals surface area contributed by atoms with E-state index in [0.29, 0.717) is 24.3 Å². The van der Waals surface area contributed by atoms with Crippen LogP contribution in [0.2, 0.25) is 0 Å². The van der Waals surface area contributed by atoms with Crippen molar-refractivity contribution in [2.45, 2.75) is 12.8 Å². The van der Waals surface area contributed by atoms with Crippen LogP contribution in [0.15, 0.2) is 85.3 Å². The zero-order valence-corrected chi connectivity index (χ0v) is 21.5. The zero-order valence-electron chi connectivity index (χ0n) is 21.5. The Morgan fingerprint density at radius 2 is 1.69 bits per heavy atom. The van der Waals surface area contributed by atoms with Gasteiger partial charge in [0.05, 0.1) is 17.4 Å². The number of piperidine rings is 1. The summed E-state index contributed by atoms with van der Waals surface area (Å²) in [4.78, 5) is 24.4. The van der Waals surface area contributed by atoms with E-state index in [4.69, 9.17) is 4.98 Å². The van der Waals surface area contributed by atoms with Gasteiger partial charge in [-0.05, 0) is 72.4 Å². The third kappa shape index (κ3) is 5.27. The maximum Gasteiger partial charge on any atom is 0.253 e. The van der Waals surface area contributed by atoms with E-state index in [0.717, 1.165) is 46.1 Å². The number of benzene rings is 2. The molecule has 1 amide bonds. The molecule has 5 aromatic rings. The molecule has 0 unspecified atom stereocenters. The molecule has 6 nitrogen and oxygen atoms in total. The van der Waals surface area contributed by atoms with E-state index in [2.05, 4.69) is 21.9 Å². The van der Waals surface area contributed by atoms with Gasteiger partial charge in [-0.15, -0.1) is 0 Å². The molecule has 0 spiro atoms. The Kier molecular flexibility index (Phi) is 6.60. The average Bonchev–Trinajstić information content (AvgIpc) is 3.42. The third-order valence-electron chi connectivity index (χ3n) is 7.09. The quantitative estimate of drug-likeness (QED) is 0.288. The fourth-order valence-electron chi connectivity index (χ4n) is 4.90. The van der Waals surface area contributed by atoms with E-state index in [1.165, 1.54) is 12.1 Å². The number of hydrogen-bond acceptors (Lipinski definition) is 4. The van der Waals surface area contributed by atoms with Gasteiger partial charge in [0, 0.05) is 55.0 Å². The van der Waals surface area contributed by atoms with Crippen LogP contribution in [0.5, 0.6) is 0 Å². The van der Waals surface area contributed by atoms with Gasteiger partial charge in [0.2, 0.25) is 0 Å². The predicted octanol–water partition coefficient (Wildman–Crippen LogP) is 5.74. The van der Waals surface area contributed by atoms with Gasteiger partial charge in [-0.25, -0.2) is 9.37 Å². The van der Waals surface area contributed by atoms with Gasteiger partial charge >= 0.3 is 0 Å². The average molecular weight is 516 g/mol. The first-order valence-electron chi connectivity index (χ1n) is 12.9. The highest BCUT2D eigenvalue weighted by molar-refractivity contribution is 5.94. The Balaban J connectivity index is 1.14. The number of fused-ring (bicyclic) bond motifs is 1. The number of nitrogens with zero attached hydrogens (tertiary/aromatic N) is 5. The minimum atomic E-state index is -0.265. The van der Waals surface area contributed by atoms with Crippen molar-refractivity contribution in [1.82, 2.24) is 24.6 Å². The van der Waals surface area contributed by atoms with Crippen LogP contribution in [0.25, 0.3) is 33.3 Å². The van der Waals surface area contributed by atoms with E-state index in [-0.39, 0.29) is 17.6 Å². The van der Waals surface area contributed by atoms with Crippen LogP contribution in [0, 0.1) is 23.6 Å². The highest BCUT2D eigenvalue weighted by Crippen LogP contribution is 2.25. The third-order valence-corrected chi connectivity index (χ3v) is 7.09. The van der Waals surface area contributed by atoms with Crippen molar-refractivity contribution in [3.05, 3.63) is 102 Å². The number of halogens is 1. The lowest BCUT2D eigenvalue weighted by Gasteiger charge is -2.30. The number of hydrogen-bond donors (Lipinski definition) is 0. The Morgan fingerprint density at radius 1 is 0.974 bits per heavy atom. The number of pyridine rings is 2. The van der Waals surface area contributed by atoms with Gasteiger partial charge in [-0.3, -0.25) is 14.5 Å². The monoisotopic (exact) mass is 515 g/mol. The summed E-state index contributed by atoms with van der Waals surface area (Å²) >= 11 is 0. The molecule has 3 aromatic heterocycles. The van der Waals surface area contributed by atoms with Crippen molar-refractivity contribution in [3.63, 3.8) is 0 Å². The Bertz CT molecular complexity index is 1710. The fraction of sp³-hybridized carbons (Fsp3) is 0.188. The van der Waals surface area contributed by atoms with Gasteiger partial charge in [0.15, 0.2) is 0 Å². The number of likely N-dealkylation sites (tertiary alicyclic amines) is 1. The largest absolute Gasteiger partial charge is 0.339 e. The summed E-state index contributed by atoms with van der Waals surface area (Å²) in [6.07, 6.45) is 7.11. The maximum absolute atomic E-state index is 13.2. The molecule has 6 rings (SSSR count). The molecule has 2 aromatic carbocycles. The summed E-state index contributed by atoms with van der Waals surface area (Å²) in [5.41, 5.74) is 5.79. The first-order valence-corrected chi connectivity index (χ1v) is 12.9. The molecular formula is C32H26FN5O. The molecule has 0 atom stereocenters. The SMILES string of the molecule is Cn1cc(-c2cc3ncccc3c(C#CC3CCN(C(=O)c4ccc(-c5ccc(F)cc5)cc4)CC3)n2)cn1. The summed E-state index contributed by atoms with van der Waals surface area (Å²) in [6, 6.07) is 19.7. The van der Waals surface area contributed by atoms with E-state index in [1.807, 2.05) is 60.6 Å². The lowest BCUT2D eigenvalue weighted by Crippen LogP contribution is -2.38. The van der Waals surface area contributed by atoms with Gasteiger partial charge in [-0.2, -0.15) is 5.10 Å². The van der Waals surface area contributed by atoms with E-state index in [1.54, 1.807) is 29.2 Å². The van der Waals surface area contributed by atoms with Crippen molar-refractivity contribution >= 4 is 16.8 Å². The van der Waals surface area contributed by atoms with Crippen LogP contribution in [0.1, 0.15) is 28.9 Å². The summed E-state index contributed by atoms with van der Waals surface area (Å²) in [5.74, 6) is 6.68. The standard InChI is InChI=1S/C32H26FN5O/c1-37-21-26(20-35-37)30-19-31-28(3-2-16-34-31)29(36-30)13-4-22-14-17-38(18-15-22)32(39)25-7-5-23(6-8-25)24-9-11-27(33)12-10-24/h2-3,5-12,16,19-22H,14-15,17-18H2,1H3. The number of carbonyl (C=O) groups is 1. The second kappa shape index (κ2) is 10.5. The smallest absolute Gasteiger partial charge is 0.253 e. The molecule has 192 valence electrons. The molecule has 1 saturated heterocycles. The molecule has 0 radical (unpaired) electrons. The molecule has 0 bridgehead atoms. The van der Waals surface area contributed by atoms with Gasteiger partial charge in [0.25, 0.3) is 5.91 Å². The van der Waals surface area contributed by atoms with Crippen LogP contribution in [0.4, 0.5) is 4.39 Å². The normalized spacial score (nSPS) is 13.7. The molecular weight excluding hydrogens is 489 g/mol. The highest BCUT2D eigenvalue weighted by atomic mass is 19.1. The number of aryl methyl sites for hydroxylation is 1.